The average molecular weight is 234 g/mol. The van der Waals surface area contributed by atoms with Gasteiger partial charge in [-0.2, -0.15) is 0 Å². The van der Waals surface area contributed by atoms with Crippen molar-refractivity contribution >= 4 is 17.3 Å². The largest absolute Gasteiger partial charge is 0.478 e. The van der Waals surface area contributed by atoms with Crippen LogP contribution in [-0.2, 0) is 4.79 Å². The Labute approximate surface area is 96.9 Å². The summed E-state index contributed by atoms with van der Waals surface area (Å²) in [6.07, 6.45) is -0.928. The lowest BCUT2D eigenvalue weighted by molar-refractivity contribution is -0.145. The maximum Gasteiger partial charge on any atom is 0.350 e. The van der Waals surface area contributed by atoms with Crippen LogP contribution in [0.4, 0.5) is 0 Å². The molecule has 1 heterocycles. The Hall–Kier alpha value is -1.81. The number of benzene rings is 1. The van der Waals surface area contributed by atoms with Gasteiger partial charge >= 0.3 is 5.97 Å². The van der Waals surface area contributed by atoms with Crippen LogP contribution in [-0.4, -0.2) is 11.1 Å². The Balaban J connectivity index is 2.19. The van der Waals surface area contributed by atoms with E-state index in [0.717, 1.165) is 0 Å². The SMILES string of the molecule is O=C(O)C(Oc1ccccc1)c1cccs1. The first kappa shape index (κ1) is 10.7. The average Bonchev–Trinajstić information content (AvgIpc) is 2.80. The van der Waals surface area contributed by atoms with Gasteiger partial charge in [0.15, 0.2) is 0 Å². The molecule has 0 saturated heterocycles. The van der Waals surface area contributed by atoms with Gasteiger partial charge in [-0.1, -0.05) is 24.3 Å². The Bertz CT molecular complexity index is 450. The summed E-state index contributed by atoms with van der Waals surface area (Å²) in [6.45, 7) is 0. The van der Waals surface area contributed by atoms with Gasteiger partial charge in [0.05, 0.1) is 4.88 Å². The molecule has 0 aliphatic carbocycles. The molecule has 2 aromatic rings. The molecule has 3 nitrogen and oxygen atoms in total. The van der Waals surface area contributed by atoms with Crippen molar-refractivity contribution in [2.75, 3.05) is 0 Å². The van der Waals surface area contributed by atoms with Crippen LogP contribution in [0.15, 0.2) is 47.8 Å². The van der Waals surface area contributed by atoms with Crippen molar-refractivity contribution in [2.45, 2.75) is 6.10 Å². The Morgan fingerprint density at radius 2 is 1.94 bits per heavy atom. The molecule has 0 fully saturated rings. The molecule has 0 saturated carbocycles. The number of thiophene rings is 1. The third-order valence-corrected chi connectivity index (χ3v) is 2.94. The van der Waals surface area contributed by atoms with Crippen molar-refractivity contribution < 1.29 is 14.6 Å². The van der Waals surface area contributed by atoms with Gasteiger partial charge in [-0.05, 0) is 23.6 Å². The first-order valence-corrected chi connectivity index (χ1v) is 5.63. The topological polar surface area (TPSA) is 46.5 Å². The molecule has 16 heavy (non-hydrogen) atoms. The summed E-state index contributed by atoms with van der Waals surface area (Å²) in [5, 5.41) is 10.9. The Morgan fingerprint density at radius 3 is 2.50 bits per heavy atom. The molecule has 0 bridgehead atoms. The van der Waals surface area contributed by atoms with Crippen LogP contribution < -0.4 is 4.74 Å². The van der Waals surface area contributed by atoms with E-state index in [1.807, 2.05) is 29.6 Å². The minimum absolute atomic E-state index is 0.559. The van der Waals surface area contributed by atoms with Crippen molar-refractivity contribution in [2.24, 2.45) is 0 Å². The maximum absolute atomic E-state index is 11.1. The van der Waals surface area contributed by atoms with Crippen LogP contribution in [0.25, 0.3) is 0 Å². The summed E-state index contributed by atoms with van der Waals surface area (Å²) in [5.74, 6) is -0.422. The zero-order chi connectivity index (χ0) is 11.4. The normalized spacial score (nSPS) is 12.0. The van der Waals surface area contributed by atoms with Gasteiger partial charge < -0.3 is 9.84 Å². The third-order valence-electron chi connectivity index (χ3n) is 2.02. The third kappa shape index (κ3) is 2.41. The highest BCUT2D eigenvalue weighted by atomic mass is 32.1. The van der Waals surface area contributed by atoms with Gasteiger partial charge in [-0.15, -0.1) is 11.3 Å². The summed E-state index contributed by atoms with van der Waals surface area (Å²) in [6, 6.07) is 12.5. The fraction of sp³-hybridized carbons (Fsp3) is 0.0833. The number of hydrogen-bond donors (Lipinski definition) is 1. The Kier molecular flexibility index (Phi) is 3.22. The van der Waals surface area contributed by atoms with Gasteiger partial charge in [0.2, 0.25) is 6.10 Å². The second-order valence-corrected chi connectivity index (χ2v) is 4.14. The number of aliphatic carboxylic acids is 1. The first-order chi connectivity index (χ1) is 7.77. The van der Waals surface area contributed by atoms with Crippen molar-refractivity contribution in [3.8, 4) is 5.75 Å². The van der Waals surface area contributed by atoms with E-state index in [9.17, 15) is 4.79 Å². The van der Waals surface area contributed by atoms with E-state index in [1.54, 1.807) is 18.2 Å². The zero-order valence-corrected chi connectivity index (χ0v) is 9.18. The standard InChI is InChI=1S/C12H10O3S/c13-12(14)11(10-7-4-8-16-10)15-9-5-2-1-3-6-9/h1-8,11H,(H,13,14). The number of carbonyl (C=O) groups is 1. The summed E-state index contributed by atoms with van der Waals surface area (Å²) in [5.41, 5.74) is 0. The van der Waals surface area contributed by atoms with Crippen LogP contribution in [0.2, 0.25) is 0 Å². The van der Waals surface area contributed by atoms with Crippen LogP contribution >= 0.6 is 11.3 Å². The number of rotatable bonds is 4. The predicted molar refractivity (Wildman–Crippen MR) is 61.8 cm³/mol. The molecule has 1 atom stereocenters. The lowest BCUT2D eigenvalue weighted by Crippen LogP contribution is -2.16. The van der Waals surface area contributed by atoms with Crippen LogP contribution in [0.1, 0.15) is 11.0 Å². The fourth-order valence-corrected chi connectivity index (χ4v) is 2.05. The van der Waals surface area contributed by atoms with E-state index in [1.165, 1.54) is 11.3 Å². The quantitative estimate of drug-likeness (QED) is 0.884. The minimum atomic E-state index is -0.980. The van der Waals surface area contributed by atoms with E-state index < -0.39 is 12.1 Å². The fourth-order valence-electron chi connectivity index (χ4n) is 1.31. The first-order valence-electron chi connectivity index (χ1n) is 4.75. The molecule has 1 aromatic carbocycles. The van der Waals surface area contributed by atoms with Crippen molar-refractivity contribution in [3.63, 3.8) is 0 Å². The van der Waals surface area contributed by atoms with Crippen LogP contribution in [0.5, 0.6) is 5.75 Å². The highest BCUT2D eigenvalue weighted by Crippen LogP contribution is 2.25. The summed E-state index contributed by atoms with van der Waals surface area (Å²) >= 11 is 1.37. The number of ether oxygens (including phenoxy) is 1. The number of carboxylic acids is 1. The molecule has 0 aliphatic heterocycles. The summed E-state index contributed by atoms with van der Waals surface area (Å²) in [7, 11) is 0. The molecular formula is C12H10O3S. The molecule has 0 amide bonds. The predicted octanol–water partition coefficient (Wildman–Crippen LogP) is 2.95. The molecule has 82 valence electrons. The van der Waals surface area contributed by atoms with E-state index in [2.05, 4.69) is 0 Å². The van der Waals surface area contributed by atoms with E-state index in [0.29, 0.717) is 10.6 Å². The monoisotopic (exact) mass is 234 g/mol. The second kappa shape index (κ2) is 4.81. The van der Waals surface area contributed by atoms with Gasteiger partial charge in [-0.25, -0.2) is 4.79 Å². The molecule has 1 N–H and O–H groups in total. The zero-order valence-electron chi connectivity index (χ0n) is 8.37. The van der Waals surface area contributed by atoms with E-state index >= 15 is 0 Å². The van der Waals surface area contributed by atoms with Crippen molar-refractivity contribution in [1.82, 2.24) is 0 Å². The van der Waals surface area contributed by atoms with Gasteiger partial charge in [0.25, 0.3) is 0 Å². The molecule has 2 rings (SSSR count). The number of carboxylic acid groups (broad SMARTS) is 1. The highest BCUT2D eigenvalue weighted by Gasteiger charge is 2.22. The molecule has 0 aliphatic rings. The lowest BCUT2D eigenvalue weighted by atomic mass is 10.3. The number of hydrogen-bond acceptors (Lipinski definition) is 3. The Morgan fingerprint density at radius 1 is 1.19 bits per heavy atom. The van der Waals surface area contributed by atoms with Gasteiger partial charge in [-0.3, -0.25) is 0 Å². The molecular weight excluding hydrogens is 224 g/mol. The smallest absolute Gasteiger partial charge is 0.350 e. The highest BCUT2D eigenvalue weighted by molar-refractivity contribution is 7.10. The van der Waals surface area contributed by atoms with E-state index in [-0.39, 0.29) is 0 Å². The van der Waals surface area contributed by atoms with Gasteiger partial charge in [0, 0.05) is 0 Å². The van der Waals surface area contributed by atoms with E-state index in [4.69, 9.17) is 9.84 Å². The number of para-hydroxylation sites is 1. The lowest BCUT2D eigenvalue weighted by Gasteiger charge is -2.13. The van der Waals surface area contributed by atoms with Gasteiger partial charge in [0.1, 0.15) is 5.75 Å². The molecule has 1 unspecified atom stereocenters. The maximum atomic E-state index is 11.1. The molecule has 4 heteroatoms. The van der Waals surface area contributed by atoms with Crippen LogP contribution in [0, 0.1) is 0 Å². The second-order valence-electron chi connectivity index (χ2n) is 3.16. The minimum Gasteiger partial charge on any atom is -0.478 e. The van der Waals surface area contributed by atoms with Crippen molar-refractivity contribution in [3.05, 3.63) is 52.7 Å². The van der Waals surface area contributed by atoms with Crippen LogP contribution in [0.3, 0.4) is 0 Å². The summed E-state index contributed by atoms with van der Waals surface area (Å²) in [4.78, 5) is 11.8. The van der Waals surface area contributed by atoms with Crippen molar-refractivity contribution in [1.29, 1.82) is 0 Å². The molecule has 1 aromatic heterocycles. The molecule has 0 spiro atoms. The summed E-state index contributed by atoms with van der Waals surface area (Å²) < 4.78 is 5.43. The molecule has 0 radical (unpaired) electrons.